The molecule has 6 nitrogen and oxygen atoms in total. The van der Waals surface area contributed by atoms with Gasteiger partial charge in [0.05, 0.1) is 0 Å². The Bertz CT molecular complexity index is 935. The van der Waals surface area contributed by atoms with Gasteiger partial charge >= 0.3 is 5.97 Å². The van der Waals surface area contributed by atoms with Crippen molar-refractivity contribution in [2.45, 2.75) is 45.6 Å². The second-order valence-corrected chi connectivity index (χ2v) is 7.92. The molecule has 3 rings (SSSR count). The standard InChI is InChI=1S/C23H27N3O3/c1-14(2)26(20-9-7-17(8-10-20)22(24)25)23(29)18-6-5-16-4-3-15(12-21(27)28)11-19(16)13-18/h5-10,13-15H,3-4,11-12H2,1-2H3,(H3,24,25)(H,27,28). The van der Waals surface area contributed by atoms with Gasteiger partial charge in [-0.2, -0.15) is 0 Å². The monoisotopic (exact) mass is 393 g/mol. The number of aryl methyl sites for hydroxylation is 1. The summed E-state index contributed by atoms with van der Waals surface area (Å²) in [6.07, 6.45) is 2.57. The number of fused-ring (bicyclic) bond motifs is 1. The Labute approximate surface area is 170 Å². The normalized spacial score (nSPS) is 15.6. The van der Waals surface area contributed by atoms with E-state index < -0.39 is 5.97 Å². The predicted molar refractivity (Wildman–Crippen MR) is 114 cm³/mol. The fourth-order valence-corrected chi connectivity index (χ4v) is 3.98. The van der Waals surface area contributed by atoms with Gasteiger partial charge in [0.25, 0.3) is 5.91 Å². The van der Waals surface area contributed by atoms with E-state index in [1.807, 2.05) is 32.0 Å². The van der Waals surface area contributed by atoms with Crippen LogP contribution in [0.3, 0.4) is 0 Å². The number of benzene rings is 2. The number of anilines is 1. The lowest BCUT2D eigenvalue weighted by Crippen LogP contribution is -2.37. The van der Waals surface area contributed by atoms with Gasteiger partial charge in [0.15, 0.2) is 0 Å². The molecule has 2 aromatic carbocycles. The van der Waals surface area contributed by atoms with E-state index in [0.29, 0.717) is 17.5 Å². The first kappa shape index (κ1) is 20.6. The molecule has 1 unspecified atom stereocenters. The predicted octanol–water partition coefficient (Wildman–Crippen LogP) is 3.61. The molecule has 1 aliphatic carbocycles. The van der Waals surface area contributed by atoms with Crippen molar-refractivity contribution in [3.63, 3.8) is 0 Å². The summed E-state index contributed by atoms with van der Waals surface area (Å²) in [5.74, 6) is -0.764. The highest BCUT2D eigenvalue weighted by Crippen LogP contribution is 2.29. The van der Waals surface area contributed by atoms with E-state index in [9.17, 15) is 9.59 Å². The zero-order valence-electron chi connectivity index (χ0n) is 16.8. The molecule has 1 aliphatic rings. The number of carboxylic acid groups (broad SMARTS) is 1. The Hall–Kier alpha value is -3.15. The molecule has 152 valence electrons. The van der Waals surface area contributed by atoms with Crippen LogP contribution in [0.25, 0.3) is 0 Å². The van der Waals surface area contributed by atoms with Crippen LogP contribution in [-0.4, -0.2) is 28.9 Å². The highest BCUT2D eigenvalue weighted by molar-refractivity contribution is 6.07. The van der Waals surface area contributed by atoms with Gasteiger partial charge in [-0.05, 0) is 86.6 Å². The number of hydrogen-bond acceptors (Lipinski definition) is 3. The number of nitrogens with one attached hydrogen (secondary N) is 1. The molecule has 6 heteroatoms. The Kier molecular flexibility index (Phi) is 6.01. The molecule has 29 heavy (non-hydrogen) atoms. The molecule has 0 radical (unpaired) electrons. The lowest BCUT2D eigenvalue weighted by Gasteiger charge is -2.28. The lowest BCUT2D eigenvalue weighted by atomic mass is 9.81. The van der Waals surface area contributed by atoms with Gasteiger partial charge in [0, 0.05) is 29.3 Å². The quantitative estimate of drug-likeness (QED) is 0.515. The van der Waals surface area contributed by atoms with Gasteiger partial charge in [-0.3, -0.25) is 15.0 Å². The minimum atomic E-state index is -0.773. The van der Waals surface area contributed by atoms with Crippen LogP contribution in [0, 0.1) is 11.3 Å². The Morgan fingerprint density at radius 2 is 1.79 bits per heavy atom. The van der Waals surface area contributed by atoms with Crippen LogP contribution < -0.4 is 10.6 Å². The second kappa shape index (κ2) is 8.47. The van der Waals surface area contributed by atoms with Crippen LogP contribution in [0.1, 0.15) is 53.7 Å². The molecule has 0 bridgehead atoms. The number of carbonyl (C=O) groups is 2. The number of rotatable bonds is 6. The third kappa shape index (κ3) is 4.65. The van der Waals surface area contributed by atoms with Crippen molar-refractivity contribution < 1.29 is 14.7 Å². The number of aliphatic carboxylic acids is 1. The highest BCUT2D eigenvalue weighted by Gasteiger charge is 2.25. The molecular formula is C23H27N3O3. The third-order valence-electron chi connectivity index (χ3n) is 5.44. The Morgan fingerprint density at radius 1 is 1.14 bits per heavy atom. The zero-order valence-corrected chi connectivity index (χ0v) is 16.8. The fraction of sp³-hybridized carbons (Fsp3) is 0.348. The van der Waals surface area contributed by atoms with Crippen molar-refractivity contribution in [2.75, 3.05) is 4.90 Å². The number of nitrogen functional groups attached to an aromatic ring is 1. The van der Waals surface area contributed by atoms with Crippen LogP contribution >= 0.6 is 0 Å². The summed E-state index contributed by atoms with van der Waals surface area (Å²) in [6.45, 7) is 3.91. The maximum Gasteiger partial charge on any atom is 0.303 e. The van der Waals surface area contributed by atoms with E-state index in [-0.39, 0.29) is 30.1 Å². The smallest absolute Gasteiger partial charge is 0.303 e. The molecule has 1 atom stereocenters. The van der Waals surface area contributed by atoms with E-state index in [1.165, 1.54) is 5.56 Å². The van der Waals surface area contributed by atoms with Gasteiger partial charge in [0.1, 0.15) is 5.84 Å². The van der Waals surface area contributed by atoms with Gasteiger partial charge in [-0.15, -0.1) is 0 Å². The van der Waals surface area contributed by atoms with E-state index in [4.69, 9.17) is 16.2 Å². The van der Waals surface area contributed by atoms with Gasteiger partial charge in [-0.25, -0.2) is 0 Å². The third-order valence-corrected chi connectivity index (χ3v) is 5.44. The van der Waals surface area contributed by atoms with Crippen LogP contribution in [0.15, 0.2) is 42.5 Å². The number of carbonyl (C=O) groups excluding carboxylic acids is 1. The molecular weight excluding hydrogens is 366 g/mol. The van der Waals surface area contributed by atoms with Crippen LogP contribution in [0.5, 0.6) is 0 Å². The summed E-state index contributed by atoms with van der Waals surface area (Å²) in [4.78, 5) is 26.1. The number of amidine groups is 1. The minimum absolute atomic E-state index is 0.00965. The summed E-state index contributed by atoms with van der Waals surface area (Å²) < 4.78 is 0. The molecule has 0 spiro atoms. The van der Waals surface area contributed by atoms with Crippen molar-refractivity contribution in [1.29, 1.82) is 5.41 Å². The fourth-order valence-electron chi connectivity index (χ4n) is 3.98. The maximum atomic E-state index is 13.3. The number of carboxylic acids is 1. The molecule has 4 N–H and O–H groups in total. The minimum Gasteiger partial charge on any atom is -0.481 e. The summed E-state index contributed by atoms with van der Waals surface area (Å²) >= 11 is 0. The summed E-state index contributed by atoms with van der Waals surface area (Å²) in [7, 11) is 0. The van der Waals surface area contributed by atoms with Crippen molar-refractivity contribution in [3.8, 4) is 0 Å². The van der Waals surface area contributed by atoms with Crippen LogP contribution in [-0.2, 0) is 17.6 Å². The molecule has 0 saturated heterocycles. The first-order valence-corrected chi connectivity index (χ1v) is 9.88. The van der Waals surface area contributed by atoms with Gasteiger partial charge in [-0.1, -0.05) is 6.07 Å². The number of nitrogens with zero attached hydrogens (tertiary/aromatic N) is 1. The number of nitrogens with two attached hydrogens (primary N) is 1. The molecule has 0 heterocycles. The summed E-state index contributed by atoms with van der Waals surface area (Å²) in [6, 6.07) is 12.8. The first-order valence-electron chi connectivity index (χ1n) is 9.88. The highest BCUT2D eigenvalue weighted by atomic mass is 16.4. The van der Waals surface area contributed by atoms with Crippen molar-refractivity contribution >= 4 is 23.4 Å². The van der Waals surface area contributed by atoms with E-state index in [0.717, 1.165) is 24.1 Å². The van der Waals surface area contributed by atoms with E-state index in [2.05, 4.69) is 0 Å². The average Bonchev–Trinajstić information content (AvgIpc) is 2.67. The number of amides is 1. The van der Waals surface area contributed by atoms with Crippen LogP contribution in [0.2, 0.25) is 0 Å². The second-order valence-electron chi connectivity index (χ2n) is 7.92. The van der Waals surface area contributed by atoms with Crippen LogP contribution in [0.4, 0.5) is 5.69 Å². The molecule has 1 amide bonds. The SMILES string of the molecule is CC(C)N(C(=O)c1ccc2c(c1)CC(CC(=O)O)CC2)c1ccc(C(=N)N)cc1. The summed E-state index contributed by atoms with van der Waals surface area (Å²) in [5.41, 5.74) is 9.76. The van der Waals surface area contributed by atoms with Crippen molar-refractivity contribution in [2.24, 2.45) is 11.7 Å². The molecule has 0 aromatic heterocycles. The largest absolute Gasteiger partial charge is 0.481 e. The van der Waals surface area contributed by atoms with Crippen molar-refractivity contribution in [3.05, 3.63) is 64.7 Å². The van der Waals surface area contributed by atoms with Crippen molar-refractivity contribution in [1.82, 2.24) is 0 Å². The van der Waals surface area contributed by atoms with Gasteiger partial charge in [0.2, 0.25) is 0 Å². The van der Waals surface area contributed by atoms with Gasteiger partial charge < -0.3 is 15.7 Å². The maximum absolute atomic E-state index is 13.3. The van der Waals surface area contributed by atoms with E-state index in [1.54, 1.807) is 29.2 Å². The molecule has 0 fully saturated rings. The van der Waals surface area contributed by atoms with E-state index >= 15 is 0 Å². The molecule has 0 aliphatic heterocycles. The first-order chi connectivity index (χ1) is 13.8. The average molecular weight is 393 g/mol. The number of hydrogen-bond donors (Lipinski definition) is 3. The molecule has 2 aromatic rings. The molecule has 0 saturated carbocycles. The topological polar surface area (TPSA) is 107 Å². The Balaban J connectivity index is 1.87. The summed E-state index contributed by atoms with van der Waals surface area (Å²) in [5, 5.41) is 16.6. The Morgan fingerprint density at radius 3 is 2.38 bits per heavy atom. The zero-order chi connectivity index (χ0) is 21.1. The lowest BCUT2D eigenvalue weighted by molar-refractivity contribution is -0.138.